The van der Waals surface area contributed by atoms with E-state index in [4.69, 9.17) is 10.4 Å². The number of nitrogens with two attached hydrogens (primary N) is 1. The number of carboxylic acids is 1. The van der Waals surface area contributed by atoms with Crippen molar-refractivity contribution < 1.29 is 24.4 Å². The number of unbranched alkanes of at least 4 members (excludes halogenated alkanes) is 1. The number of carboxylic acid groups (broad SMARTS) is 1. The number of hydrogen-bond acceptors (Lipinski definition) is 6. The Labute approximate surface area is 189 Å². The quantitative estimate of drug-likeness (QED) is 0.288. The summed E-state index contributed by atoms with van der Waals surface area (Å²) in [4.78, 5) is 24.7. The normalized spacial score (nSPS) is 26.1. The molecule has 1 aromatic carbocycles. The molecule has 0 bridgehead atoms. The Morgan fingerprint density at radius 2 is 1.94 bits per heavy atom. The standard InChI is InChI=1S/C23H34BN3O5/c25-12-1-2-13-26-17-8-6-16(7-9-17)23(10-11-23)22(30)27-19-14-15-4-3-5-18(21(28)29)20(15)32-24(19)31/h3-5,16-17,19,26,31H,1-2,6-14,25H2,(H,27,30)(H,28,29)/t16?,17?,19-/m0/s1. The van der Waals surface area contributed by atoms with Crippen LogP contribution in [0.1, 0.15) is 67.3 Å². The maximum Gasteiger partial charge on any atom is 0.547 e. The van der Waals surface area contributed by atoms with E-state index < -0.39 is 19.0 Å². The lowest BCUT2D eigenvalue weighted by atomic mass is 9.71. The molecule has 2 fully saturated rings. The second-order valence-electron chi connectivity index (χ2n) is 9.55. The Morgan fingerprint density at radius 1 is 1.19 bits per heavy atom. The first kappa shape index (κ1) is 23.1. The SMILES string of the molecule is NCCCCNC1CCC(C2(C(=O)N[C@H]3Cc4cccc(C(=O)O)c4OB3O)CC2)CC1. The Kier molecular flexibility index (Phi) is 7.07. The molecular weight excluding hydrogens is 409 g/mol. The van der Waals surface area contributed by atoms with Gasteiger partial charge in [-0.1, -0.05) is 12.1 Å². The average Bonchev–Trinajstić information content (AvgIpc) is 3.59. The minimum atomic E-state index is -1.27. The van der Waals surface area contributed by atoms with Crippen LogP contribution >= 0.6 is 0 Å². The number of carbonyl (C=O) groups is 2. The summed E-state index contributed by atoms with van der Waals surface area (Å²) in [7, 11) is -1.27. The summed E-state index contributed by atoms with van der Waals surface area (Å²) < 4.78 is 5.53. The number of carbonyl (C=O) groups excluding carboxylic acids is 1. The number of rotatable bonds is 9. The van der Waals surface area contributed by atoms with Crippen molar-refractivity contribution >= 4 is 19.0 Å². The van der Waals surface area contributed by atoms with Crippen LogP contribution in [-0.4, -0.2) is 54.2 Å². The molecule has 1 aromatic rings. The lowest BCUT2D eigenvalue weighted by molar-refractivity contribution is -0.129. The summed E-state index contributed by atoms with van der Waals surface area (Å²) in [6.45, 7) is 1.74. The largest absolute Gasteiger partial charge is 0.547 e. The fourth-order valence-electron chi connectivity index (χ4n) is 5.41. The third kappa shape index (κ3) is 4.80. The Bertz CT molecular complexity index is 839. The van der Waals surface area contributed by atoms with Crippen LogP contribution in [0.5, 0.6) is 5.75 Å². The van der Waals surface area contributed by atoms with Gasteiger partial charge in [-0.2, -0.15) is 0 Å². The van der Waals surface area contributed by atoms with E-state index in [9.17, 15) is 19.7 Å². The minimum Gasteiger partial charge on any atom is -0.534 e. The summed E-state index contributed by atoms with van der Waals surface area (Å²) in [5.41, 5.74) is 5.94. The first-order valence-corrected chi connectivity index (χ1v) is 11.9. The lowest BCUT2D eigenvalue weighted by Gasteiger charge is -2.35. The molecule has 1 aliphatic heterocycles. The molecule has 6 N–H and O–H groups in total. The molecule has 0 unspecified atom stereocenters. The van der Waals surface area contributed by atoms with Gasteiger partial charge in [-0.25, -0.2) is 4.79 Å². The van der Waals surface area contributed by atoms with Gasteiger partial charge in [0.15, 0.2) is 0 Å². The van der Waals surface area contributed by atoms with Gasteiger partial charge in [-0.05, 0) is 88.4 Å². The zero-order valence-electron chi connectivity index (χ0n) is 18.5. The highest BCUT2D eigenvalue weighted by molar-refractivity contribution is 6.47. The predicted molar refractivity (Wildman–Crippen MR) is 121 cm³/mol. The highest BCUT2D eigenvalue weighted by Crippen LogP contribution is 2.56. The molecule has 1 heterocycles. The molecule has 1 atom stereocenters. The second-order valence-corrected chi connectivity index (χ2v) is 9.55. The van der Waals surface area contributed by atoms with Gasteiger partial charge < -0.3 is 31.2 Å². The van der Waals surface area contributed by atoms with Crippen LogP contribution in [-0.2, 0) is 11.2 Å². The fourth-order valence-corrected chi connectivity index (χ4v) is 5.41. The van der Waals surface area contributed by atoms with Gasteiger partial charge in [0.25, 0.3) is 0 Å². The van der Waals surface area contributed by atoms with Gasteiger partial charge in [0.05, 0.1) is 16.9 Å². The zero-order valence-corrected chi connectivity index (χ0v) is 18.5. The highest BCUT2D eigenvalue weighted by atomic mass is 16.5. The van der Waals surface area contributed by atoms with Gasteiger partial charge in [0, 0.05) is 6.04 Å². The van der Waals surface area contributed by atoms with Crippen LogP contribution in [0, 0.1) is 11.3 Å². The van der Waals surface area contributed by atoms with E-state index in [1.165, 1.54) is 6.07 Å². The van der Waals surface area contributed by atoms with Crippen LogP contribution in [0.25, 0.3) is 0 Å². The number of aromatic carboxylic acids is 1. The van der Waals surface area contributed by atoms with Crippen molar-refractivity contribution in [2.75, 3.05) is 13.1 Å². The number of nitrogens with one attached hydrogen (secondary N) is 2. The Hall–Kier alpha value is -2.10. The van der Waals surface area contributed by atoms with Gasteiger partial charge in [-0.15, -0.1) is 0 Å². The van der Waals surface area contributed by atoms with E-state index in [-0.39, 0.29) is 22.6 Å². The zero-order chi connectivity index (χ0) is 22.7. The smallest absolute Gasteiger partial charge is 0.534 e. The Balaban J connectivity index is 1.32. The number of hydrogen-bond donors (Lipinski definition) is 5. The lowest BCUT2D eigenvalue weighted by Crippen LogP contribution is -2.55. The van der Waals surface area contributed by atoms with Crippen molar-refractivity contribution in [3.8, 4) is 5.75 Å². The van der Waals surface area contributed by atoms with Crippen LogP contribution in [0.3, 0.4) is 0 Å². The topological polar surface area (TPSA) is 134 Å². The fraction of sp³-hybridized carbons (Fsp3) is 0.652. The summed E-state index contributed by atoms with van der Waals surface area (Å²) in [5, 5.41) is 26.5. The van der Waals surface area contributed by atoms with Crippen molar-refractivity contribution in [3.05, 3.63) is 29.3 Å². The number of benzene rings is 1. The first-order chi connectivity index (χ1) is 15.4. The molecule has 0 spiro atoms. The van der Waals surface area contributed by atoms with Gasteiger partial charge in [0.1, 0.15) is 5.75 Å². The van der Waals surface area contributed by atoms with Crippen LogP contribution in [0.4, 0.5) is 0 Å². The van der Waals surface area contributed by atoms with Gasteiger partial charge in [-0.3, -0.25) is 4.79 Å². The van der Waals surface area contributed by atoms with Crippen molar-refractivity contribution in [2.45, 2.75) is 69.8 Å². The summed E-state index contributed by atoms with van der Waals surface area (Å²) in [5.74, 6) is -1.12. The molecule has 0 saturated heterocycles. The van der Waals surface area contributed by atoms with Crippen molar-refractivity contribution in [2.24, 2.45) is 17.1 Å². The summed E-state index contributed by atoms with van der Waals surface area (Å²) >= 11 is 0. The molecule has 1 amide bonds. The maximum atomic E-state index is 13.3. The monoisotopic (exact) mass is 443 g/mol. The van der Waals surface area contributed by atoms with Crippen LogP contribution in [0.15, 0.2) is 18.2 Å². The summed E-state index contributed by atoms with van der Waals surface area (Å²) in [6, 6.07) is 5.42. The minimum absolute atomic E-state index is 0.00217. The number of para-hydroxylation sites is 1. The first-order valence-electron chi connectivity index (χ1n) is 11.9. The van der Waals surface area contributed by atoms with E-state index in [0.29, 0.717) is 23.9 Å². The van der Waals surface area contributed by atoms with Gasteiger partial charge in [0.2, 0.25) is 5.91 Å². The highest BCUT2D eigenvalue weighted by Gasteiger charge is 2.56. The Morgan fingerprint density at radius 3 is 2.59 bits per heavy atom. The molecular formula is C23H34BN3O5. The van der Waals surface area contributed by atoms with E-state index in [0.717, 1.165) is 64.5 Å². The average molecular weight is 443 g/mol. The van der Waals surface area contributed by atoms with Gasteiger partial charge >= 0.3 is 13.1 Å². The molecule has 3 aliphatic rings. The van der Waals surface area contributed by atoms with E-state index >= 15 is 0 Å². The molecule has 2 aliphatic carbocycles. The molecule has 8 nitrogen and oxygen atoms in total. The molecule has 174 valence electrons. The van der Waals surface area contributed by atoms with Crippen molar-refractivity contribution in [1.29, 1.82) is 0 Å². The summed E-state index contributed by atoms with van der Waals surface area (Å²) in [6.07, 6.45) is 8.52. The predicted octanol–water partition coefficient (Wildman–Crippen LogP) is 1.49. The molecule has 9 heteroatoms. The molecule has 4 rings (SSSR count). The molecule has 32 heavy (non-hydrogen) atoms. The number of fused-ring (bicyclic) bond motifs is 1. The molecule has 0 aromatic heterocycles. The van der Waals surface area contributed by atoms with E-state index in [1.807, 2.05) is 0 Å². The molecule has 2 saturated carbocycles. The second kappa shape index (κ2) is 9.81. The number of amides is 1. The van der Waals surface area contributed by atoms with E-state index in [1.54, 1.807) is 12.1 Å². The third-order valence-corrected chi connectivity index (χ3v) is 7.48. The van der Waals surface area contributed by atoms with Crippen molar-refractivity contribution in [1.82, 2.24) is 10.6 Å². The third-order valence-electron chi connectivity index (χ3n) is 7.48. The molecule has 0 radical (unpaired) electrons. The van der Waals surface area contributed by atoms with E-state index in [2.05, 4.69) is 10.6 Å². The maximum absolute atomic E-state index is 13.3. The van der Waals surface area contributed by atoms with Crippen LogP contribution in [0.2, 0.25) is 0 Å². The van der Waals surface area contributed by atoms with Crippen molar-refractivity contribution in [3.63, 3.8) is 0 Å². The van der Waals surface area contributed by atoms with Crippen LogP contribution < -0.4 is 21.0 Å².